The van der Waals surface area contributed by atoms with Crippen LogP contribution in [-0.4, -0.2) is 62.5 Å². The first-order valence-electron chi connectivity index (χ1n) is 12.8. The van der Waals surface area contributed by atoms with Gasteiger partial charge in [-0.25, -0.2) is 9.52 Å². The summed E-state index contributed by atoms with van der Waals surface area (Å²) < 4.78 is 38.4. The van der Waals surface area contributed by atoms with Crippen LogP contribution in [0.4, 0.5) is 4.79 Å². The van der Waals surface area contributed by atoms with Crippen molar-refractivity contribution in [3.63, 3.8) is 0 Å². The lowest BCUT2D eigenvalue weighted by molar-refractivity contribution is -0.140. The first kappa shape index (κ1) is 31.9. The number of rotatable bonds is 17. The molecule has 0 aromatic heterocycles. The van der Waals surface area contributed by atoms with Gasteiger partial charge in [0.15, 0.2) is 0 Å². The number of carbonyl (C=O) groups excluding carboxylic acids is 3. The second-order valence-corrected chi connectivity index (χ2v) is 12.2. The van der Waals surface area contributed by atoms with E-state index in [1.165, 1.54) is 20.2 Å². The molecule has 0 aromatic rings. The molecule has 0 bridgehead atoms. The molecular weight excluding hydrogens is 486 g/mol. The fourth-order valence-electron chi connectivity index (χ4n) is 3.87. The fourth-order valence-corrected chi connectivity index (χ4v) is 4.81. The second kappa shape index (κ2) is 14.6. The van der Waals surface area contributed by atoms with Crippen LogP contribution in [0.15, 0.2) is 12.7 Å². The van der Waals surface area contributed by atoms with Crippen molar-refractivity contribution in [2.45, 2.75) is 103 Å². The molecule has 2 amide bonds. The van der Waals surface area contributed by atoms with Crippen molar-refractivity contribution in [1.82, 2.24) is 14.3 Å². The quantitative estimate of drug-likeness (QED) is 0.166. The van der Waals surface area contributed by atoms with E-state index in [9.17, 15) is 22.8 Å². The number of alkyl carbamates (subject to hydrolysis) is 1. The molecule has 1 rings (SSSR count). The van der Waals surface area contributed by atoms with Crippen molar-refractivity contribution in [3.8, 4) is 0 Å². The van der Waals surface area contributed by atoms with Crippen LogP contribution in [0.5, 0.6) is 0 Å². The van der Waals surface area contributed by atoms with Gasteiger partial charge in [0.05, 0.1) is 7.11 Å². The van der Waals surface area contributed by atoms with E-state index in [0.29, 0.717) is 12.8 Å². The number of nitrogens with one attached hydrogen (secondary N) is 2. The Balaban J connectivity index is 2.34. The van der Waals surface area contributed by atoms with E-state index in [1.54, 1.807) is 20.8 Å². The molecule has 0 heterocycles. The molecule has 0 saturated heterocycles. The van der Waals surface area contributed by atoms with Crippen molar-refractivity contribution >= 4 is 28.2 Å². The standard InChI is InChI=1S/C25H45N3O7S/c1-7-20-19-25(20,26-23(31)35-24(2,3)4)22(30)27-36(32,33)28(5)18-16-14-12-10-8-9-11-13-15-17-21(29)34-6/h7,20H,1,8-19H2,2-6H3,(H,26,31)(H,27,30)/t20-,25-/m1/s1. The van der Waals surface area contributed by atoms with E-state index < -0.39 is 33.3 Å². The van der Waals surface area contributed by atoms with Crippen molar-refractivity contribution < 1.29 is 32.3 Å². The summed E-state index contributed by atoms with van der Waals surface area (Å²) in [4.78, 5) is 36.1. The van der Waals surface area contributed by atoms with Crippen LogP contribution in [-0.2, 0) is 29.3 Å². The highest BCUT2D eigenvalue weighted by Gasteiger charge is 2.61. The van der Waals surface area contributed by atoms with Gasteiger partial charge in [0.25, 0.3) is 5.91 Å². The molecule has 1 aliphatic rings. The second-order valence-electron chi connectivity index (χ2n) is 10.4. The highest BCUT2D eigenvalue weighted by Crippen LogP contribution is 2.45. The molecule has 0 unspecified atom stereocenters. The summed E-state index contributed by atoms with van der Waals surface area (Å²) in [6.07, 6.45) is 10.3. The largest absolute Gasteiger partial charge is 0.469 e. The molecule has 1 saturated carbocycles. The average Bonchev–Trinajstić information content (AvgIpc) is 3.49. The van der Waals surface area contributed by atoms with E-state index in [-0.39, 0.29) is 24.9 Å². The summed E-state index contributed by atoms with van der Waals surface area (Å²) in [6, 6.07) is 0. The van der Waals surface area contributed by atoms with E-state index in [4.69, 9.17) is 4.74 Å². The number of esters is 1. The lowest BCUT2D eigenvalue weighted by atomic mass is 10.1. The number of methoxy groups -OCH3 is 1. The van der Waals surface area contributed by atoms with Gasteiger partial charge in [0, 0.05) is 25.9 Å². The third kappa shape index (κ3) is 11.3. The fraction of sp³-hybridized carbons (Fsp3) is 0.800. The van der Waals surface area contributed by atoms with Crippen LogP contribution < -0.4 is 10.0 Å². The summed E-state index contributed by atoms with van der Waals surface area (Å²) in [5, 5.41) is 2.53. The Kier molecular flexibility index (Phi) is 12.9. The molecule has 1 fully saturated rings. The monoisotopic (exact) mass is 531 g/mol. The summed E-state index contributed by atoms with van der Waals surface area (Å²) >= 11 is 0. The van der Waals surface area contributed by atoms with Crippen molar-refractivity contribution in [3.05, 3.63) is 12.7 Å². The summed E-state index contributed by atoms with van der Waals surface area (Å²) in [7, 11) is -1.22. The molecular formula is C25H45N3O7S. The zero-order chi connectivity index (χ0) is 27.4. The first-order valence-corrected chi connectivity index (χ1v) is 14.2. The first-order chi connectivity index (χ1) is 16.8. The number of amides is 2. The third-order valence-electron chi connectivity index (χ3n) is 6.14. The minimum atomic E-state index is -4.05. The maximum Gasteiger partial charge on any atom is 0.408 e. The number of ether oxygens (including phenoxy) is 2. The Labute approximate surface area is 216 Å². The molecule has 0 radical (unpaired) electrons. The van der Waals surface area contributed by atoms with Gasteiger partial charge in [-0.1, -0.05) is 51.0 Å². The Morgan fingerprint density at radius 2 is 1.56 bits per heavy atom. The van der Waals surface area contributed by atoms with Gasteiger partial charge in [0.1, 0.15) is 11.1 Å². The summed E-state index contributed by atoms with van der Waals surface area (Å²) in [5.74, 6) is -1.33. The Bertz CT molecular complexity index is 854. The van der Waals surface area contributed by atoms with Crippen molar-refractivity contribution in [2.24, 2.45) is 5.92 Å². The molecule has 11 heteroatoms. The van der Waals surface area contributed by atoms with Gasteiger partial charge >= 0.3 is 22.3 Å². The molecule has 2 atom stereocenters. The third-order valence-corrected chi connectivity index (χ3v) is 7.59. The van der Waals surface area contributed by atoms with Gasteiger partial charge in [-0.2, -0.15) is 12.7 Å². The van der Waals surface area contributed by atoms with Gasteiger partial charge in [-0.15, -0.1) is 6.58 Å². The van der Waals surface area contributed by atoms with E-state index >= 15 is 0 Å². The molecule has 36 heavy (non-hydrogen) atoms. The van der Waals surface area contributed by atoms with Gasteiger partial charge in [-0.3, -0.25) is 9.59 Å². The van der Waals surface area contributed by atoms with E-state index in [0.717, 1.165) is 55.7 Å². The predicted molar refractivity (Wildman–Crippen MR) is 138 cm³/mol. The SMILES string of the molecule is C=C[C@@H]1C[C@]1(NC(=O)OC(C)(C)C)C(=O)NS(=O)(=O)N(C)CCCCCCCCCCCC(=O)OC. The van der Waals surface area contributed by atoms with Crippen LogP contribution in [0.25, 0.3) is 0 Å². The molecule has 208 valence electrons. The zero-order valence-electron chi connectivity index (χ0n) is 22.6. The maximum absolute atomic E-state index is 12.9. The zero-order valence-corrected chi connectivity index (χ0v) is 23.4. The van der Waals surface area contributed by atoms with Gasteiger partial charge < -0.3 is 14.8 Å². The van der Waals surface area contributed by atoms with Gasteiger partial charge in [0.2, 0.25) is 0 Å². The molecule has 1 aliphatic carbocycles. The van der Waals surface area contributed by atoms with E-state index in [2.05, 4.69) is 21.4 Å². The molecule has 0 aromatic carbocycles. The highest BCUT2D eigenvalue weighted by molar-refractivity contribution is 7.87. The van der Waals surface area contributed by atoms with E-state index in [1.807, 2.05) is 0 Å². The van der Waals surface area contributed by atoms with Crippen LogP contribution in [0.1, 0.15) is 91.4 Å². The van der Waals surface area contributed by atoms with Crippen LogP contribution in [0.3, 0.4) is 0 Å². The van der Waals surface area contributed by atoms with Crippen LogP contribution in [0, 0.1) is 5.92 Å². The molecule has 0 aliphatic heterocycles. The Morgan fingerprint density at radius 1 is 1.03 bits per heavy atom. The van der Waals surface area contributed by atoms with Gasteiger partial charge in [-0.05, 0) is 40.0 Å². The lowest BCUT2D eigenvalue weighted by Crippen LogP contribution is -2.54. The van der Waals surface area contributed by atoms with Crippen LogP contribution in [0.2, 0.25) is 0 Å². The minimum absolute atomic E-state index is 0.160. The number of nitrogens with zero attached hydrogens (tertiary/aromatic N) is 1. The molecule has 2 N–H and O–H groups in total. The maximum atomic E-state index is 12.9. The minimum Gasteiger partial charge on any atom is -0.469 e. The average molecular weight is 532 g/mol. The van der Waals surface area contributed by atoms with Crippen molar-refractivity contribution in [1.29, 1.82) is 0 Å². The van der Waals surface area contributed by atoms with Crippen molar-refractivity contribution in [2.75, 3.05) is 20.7 Å². The highest BCUT2D eigenvalue weighted by atomic mass is 32.2. The molecule has 0 spiro atoms. The Morgan fingerprint density at radius 3 is 2.03 bits per heavy atom. The smallest absolute Gasteiger partial charge is 0.408 e. The topological polar surface area (TPSA) is 131 Å². The summed E-state index contributed by atoms with van der Waals surface area (Å²) in [5.41, 5.74) is -2.13. The number of carbonyl (C=O) groups is 3. The number of hydrogen-bond acceptors (Lipinski definition) is 7. The lowest BCUT2D eigenvalue weighted by Gasteiger charge is -2.24. The number of hydrogen-bond donors (Lipinski definition) is 2. The Hall–Kier alpha value is -2.14. The summed E-state index contributed by atoms with van der Waals surface area (Å²) in [6.45, 7) is 9.05. The predicted octanol–water partition coefficient (Wildman–Crippen LogP) is 3.82. The normalized spacial score (nSPS) is 19.4. The van der Waals surface area contributed by atoms with Crippen LogP contribution >= 0.6 is 0 Å². The molecule has 10 nitrogen and oxygen atoms in total. The number of unbranched alkanes of at least 4 members (excludes halogenated alkanes) is 8.